The van der Waals surface area contributed by atoms with Crippen LogP contribution in [0.1, 0.15) is 27.2 Å². The van der Waals surface area contributed by atoms with Gasteiger partial charge in [-0.2, -0.15) is 0 Å². The Hall–Kier alpha value is -0.120. The molecule has 1 aliphatic rings. The van der Waals surface area contributed by atoms with E-state index in [0.29, 0.717) is 6.04 Å². The van der Waals surface area contributed by atoms with E-state index < -0.39 is 0 Å². The Morgan fingerprint density at radius 2 is 2.00 bits per heavy atom. The van der Waals surface area contributed by atoms with Crippen molar-refractivity contribution in [3.8, 4) is 0 Å². The Bertz CT molecular complexity index is 169. The van der Waals surface area contributed by atoms with Crippen molar-refractivity contribution in [2.24, 2.45) is 0 Å². The van der Waals surface area contributed by atoms with E-state index >= 15 is 0 Å². The summed E-state index contributed by atoms with van der Waals surface area (Å²) in [6.07, 6.45) is 1.18. The maximum Gasteiger partial charge on any atom is 0.0594 e. The minimum absolute atomic E-state index is 0.262. The Labute approximate surface area is 87.8 Å². The molecule has 1 fully saturated rings. The molecule has 0 saturated carbocycles. The number of rotatable bonds is 4. The van der Waals surface area contributed by atoms with Crippen LogP contribution in [0.25, 0.3) is 0 Å². The smallest absolute Gasteiger partial charge is 0.0594 e. The zero-order valence-electron chi connectivity index (χ0n) is 9.97. The zero-order valence-corrected chi connectivity index (χ0v) is 9.97. The first kappa shape index (κ1) is 12.0. The van der Waals surface area contributed by atoms with Crippen LogP contribution < -0.4 is 5.32 Å². The maximum atomic E-state index is 5.39. The Balaban J connectivity index is 2.65. The molecule has 14 heavy (non-hydrogen) atoms. The van der Waals surface area contributed by atoms with Gasteiger partial charge in [0, 0.05) is 24.7 Å². The van der Waals surface area contributed by atoms with E-state index in [-0.39, 0.29) is 5.54 Å². The summed E-state index contributed by atoms with van der Waals surface area (Å²) in [6, 6.07) is 0.519. The number of nitrogens with one attached hydrogen (secondary N) is 1. The predicted octanol–water partition coefficient (Wildman–Crippen LogP) is 1.10. The van der Waals surface area contributed by atoms with E-state index in [9.17, 15) is 0 Å². The van der Waals surface area contributed by atoms with Crippen molar-refractivity contribution < 1.29 is 4.74 Å². The molecule has 0 bridgehead atoms. The molecule has 84 valence electrons. The number of ether oxygens (including phenoxy) is 1. The molecule has 0 aromatic rings. The average Bonchev–Trinajstić information content (AvgIpc) is 2.28. The molecule has 3 heteroatoms. The van der Waals surface area contributed by atoms with Crippen LogP contribution in [0.2, 0.25) is 0 Å². The molecule has 1 saturated heterocycles. The molecule has 0 radical (unpaired) electrons. The fraction of sp³-hybridized carbons (Fsp3) is 1.00. The largest absolute Gasteiger partial charge is 0.379 e. The van der Waals surface area contributed by atoms with Crippen LogP contribution >= 0.6 is 0 Å². The highest BCUT2D eigenvalue weighted by Gasteiger charge is 2.35. The fourth-order valence-corrected chi connectivity index (χ4v) is 2.19. The van der Waals surface area contributed by atoms with Gasteiger partial charge in [-0.25, -0.2) is 0 Å². The lowest BCUT2D eigenvalue weighted by Crippen LogP contribution is -2.60. The van der Waals surface area contributed by atoms with Gasteiger partial charge >= 0.3 is 0 Å². The fourth-order valence-electron chi connectivity index (χ4n) is 2.19. The van der Waals surface area contributed by atoms with Crippen molar-refractivity contribution in [1.29, 1.82) is 0 Å². The van der Waals surface area contributed by atoms with Crippen molar-refractivity contribution in [3.63, 3.8) is 0 Å². The zero-order chi connectivity index (χ0) is 10.6. The van der Waals surface area contributed by atoms with Crippen LogP contribution in [-0.2, 0) is 4.74 Å². The summed E-state index contributed by atoms with van der Waals surface area (Å²) in [6.45, 7) is 10.8. The van der Waals surface area contributed by atoms with Crippen LogP contribution in [0.4, 0.5) is 0 Å². The summed E-state index contributed by atoms with van der Waals surface area (Å²) in [5, 5.41) is 3.37. The molecule has 1 aliphatic heterocycles. The first-order valence-electron chi connectivity index (χ1n) is 5.65. The molecular formula is C11H24N2O. The molecule has 1 heterocycles. The molecule has 0 aromatic carbocycles. The van der Waals surface area contributed by atoms with E-state index in [2.05, 4.69) is 31.0 Å². The van der Waals surface area contributed by atoms with Gasteiger partial charge in [0.15, 0.2) is 0 Å². The Kier molecular flexibility index (Phi) is 4.35. The Morgan fingerprint density at radius 3 is 2.43 bits per heavy atom. The van der Waals surface area contributed by atoms with Crippen LogP contribution in [-0.4, -0.2) is 49.8 Å². The van der Waals surface area contributed by atoms with Gasteiger partial charge in [0.2, 0.25) is 0 Å². The first-order chi connectivity index (χ1) is 6.65. The summed E-state index contributed by atoms with van der Waals surface area (Å²) in [4.78, 5) is 2.55. The molecule has 0 aliphatic carbocycles. The van der Waals surface area contributed by atoms with E-state index in [1.807, 2.05) is 7.05 Å². The van der Waals surface area contributed by atoms with Crippen LogP contribution in [0.3, 0.4) is 0 Å². The van der Waals surface area contributed by atoms with Crippen molar-refractivity contribution in [2.45, 2.75) is 38.8 Å². The number of hydrogen-bond acceptors (Lipinski definition) is 3. The van der Waals surface area contributed by atoms with Gasteiger partial charge in [0.25, 0.3) is 0 Å². The quantitative estimate of drug-likeness (QED) is 0.735. The number of morpholine rings is 1. The second kappa shape index (κ2) is 5.10. The average molecular weight is 200 g/mol. The first-order valence-corrected chi connectivity index (χ1v) is 5.65. The van der Waals surface area contributed by atoms with Gasteiger partial charge < -0.3 is 10.1 Å². The van der Waals surface area contributed by atoms with E-state index in [4.69, 9.17) is 4.74 Å². The van der Waals surface area contributed by atoms with Gasteiger partial charge in [0.1, 0.15) is 0 Å². The van der Waals surface area contributed by atoms with E-state index in [0.717, 1.165) is 26.3 Å². The van der Waals surface area contributed by atoms with Crippen molar-refractivity contribution >= 4 is 0 Å². The van der Waals surface area contributed by atoms with Gasteiger partial charge in [-0.3, -0.25) is 4.90 Å². The highest BCUT2D eigenvalue weighted by molar-refractivity contribution is 4.94. The van der Waals surface area contributed by atoms with Crippen molar-refractivity contribution in [1.82, 2.24) is 10.2 Å². The van der Waals surface area contributed by atoms with Gasteiger partial charge in [-0.05, 0) is 27.3 Å². The number of nitrogens with zero attached hydrogens (tertiary/aromatic N) is 1. The minimum Gasteiger partial charge on any atom is -0.379 e. The molecule has 1 rings (SSSR count). The predicted molar refractivity (Wildman–Crippen MR) is 59.6 cm³/mol. The van der Waals surface area contributed by atoms with Crippen LogP contribution in [0, 0.1) is 0 Å². The topological polar surface area (TPSA) is 24.5 Å². The molecule has 0 aromatic heterocycles. The third kappa shape index (κ3) is 2.27. The highest BCUT2D eigenvalue weighted by Crippen LogP contribution is 2.24. The minimum atomic E-state index is 0.262. The third-order valence-corrected chi connectivity index (χ3v) is 3.82. The molecule has 0 amide bonds. The molecule has 2 unspecified atom stereocenters. The number of likely N-dealkylation sites (N-methyl/N-ethyl adjacent to an activating group) is 1. The van der Waals surface area contributed by atoms with Crippen molar-refractivity contribution in [3.05, 3.63) is 0 Å². The summed E-state index contributed by atoms with van der Waals surface area (Å²) >= 11 is 0. The van der Waals surface area contributed by atoms with E-state index in [1.165, 1.54) is 6.42 Å². The second-order valence-electron chi connectivity index (χ2n) is 4.32. The summed E-state index contributed by atoms with van der Waals surface area (Å²) in [7, 11) is 2.04. The van der Waals surface area contributed by atoms with Gasteiger partial charge in [0.05, 0.1) is 13.2 Å². The summed E-state index contributed by atoms with van der Waals surface area (Å²) < 4.78 is 5.39. The molecule has 3 nitrogen and oxygen atoms in total. The SMILES string of the molecule is CCC(C)(C(C)NC)N1CCOCC1. The van der Waals surface area contributed by atoms with Gasteiger partial charge in [-0.15, -0.1) is 0 Å². The maximum absolute atomic E-state index is 5.39. The van der Waals surface area contributed by atoms with Crippen LogP contribution in [0.5, 0.6) is 0 Å². The van der Waals surface area contributed by atoms with E-state index in [1.54, 1.807) is 0 Å². The number of hydrogen-bond donors (Lipinski definition) is 1. The second-order valence-corrected chi connectivity index (χ2v) is 4.32. The molecule has 2 atom stereocenters. The highest BCUT2D eigenvalue weighted by atomic mass is 16.5. The lowest BCUT2D eigenvalue weighted by molar-refractivity contribution is -0.0289. The molecule has 1 N–H and O–H groups in total. The van der Waals surface area contributed by atoms with Gasteiger partial charge in [-0.1, -0.05) is 6.92 Å². The Morgan fingerprint density at radius 1 is 1.43 bits per heavy atom. The van der Waals surface area contributed by atoms with Crippen molar-refractivity contribution in [2.75, 3.05) is 33.4 Å². The summed E-state index contributed by atoms with van der Waals surface area (Å²) in [5.41, 5.74) is 0.262. The lowest BCUT2D eigenvalue weighted by atomic mass is 9.88. The normalized spacial score (nSPS) is 25.7. The summed E-state index contributed by atoms with van der Waals surface area (Å²) in [5.74, 6) is 0. The molecular weight excluding hydrogens is 176 g/mol. The monoisotopic (exact) mass is 200 g/mol. The van der Waals surface area contributed by atoms with Crippen LogP contribution in [0.15, 0.2) is 0 Å². The lowest BCUT2D eigenvalue weighted by Gasteiger charge is -2.46. The standard InChI is InChI=1S/C11H24N2O/c1-5-11(3,10(2)12-4)13-6-8-14-9-7-13/h10,12H,5-9H2,1-4H3. The third-order valence-electron chi connectivity index (χ3n) is 3.82. The molecule has 0 spiro atoms.